The SMILES string of the molecule is O=C(O)c1ccc(CCCN2CCN(C(=O)Oc3ccc(NC(=O)c4ccc(CN5CCCCC5)cc4)nc3)CC2)nc1. The molecule has 1 aromatic carbocycles. The van der Waals surface area contributed by atoms with Crippen molar-refractivity contribution in [1.82, 2.24) is 24.7 Å². The number of rotatable bonds is 10. The lowest BCUT2D eigenvalue weighted by Crippen LogP contribution is -2.49. The van der Waals surface area contributed by atoms with Gasteiger partial charge in [-0.25, -0.2) is 14.6 Å². The molecule has 2 N–H and O–H groups in total. The molecule has 0 unspecified atom stereocenters. The highest BCUT2D eigenvalue weighted by molar-refractivity contribution is 6.03. The van der Waals surface area contributed by atoms with E-state index in [1.165, 1.54) is 37.2 Å². The molecule has 0 saturated carbocycles. The molecule has 2 aromatic heterocycles. The number of carbonyl (C=O) groups is 3. The van der Waals surface area contributed by atoms with Gasteiger partial charge < -0.3 is 20.1 Å². The molecule has 3 aromatic rings. The second-order valence-electron chi connectivity index (χ2n) is 11.0. The van der Waals surface area contributed by atoms with E-state index >= 15 is 0 Å². The van der Waals surface area contributed by atoms with E-state index in [-0.39, 0.29) is 11.5 Å². The average molecular weight is 587 g/mol. The van der Waals surface area contributed by atoms with Gasteiger partial charge in [0, 0.05) is 50.2 Å². The van der Waals surface area contributed by atoms with Crippen molar-refractivity contribution < 1.29 is 24.2 Å². The van der Waals surface area contributed by atoms with Gasteiger partial charge in [0.2, 0.25) is 0 Å². The van der Waals surface area contributed by atoms with Gasteiger partial charge in [-0.3, -0.25) is 19.6 Å². The Hall–Kier alpha value is -4.35. The Kier molecular flexibility index (Phi) is 10.3. The van der Waals surface area contributed by atoms with Crippen LogP contribution in [0.2, 0.25) is 0 Å². The lowest BCUT2D eigenvalue weighted by atomic mass is 10.1. The van der Waals surface area contributed by atoms with Crippen molar-refractivity contribution in [2.24, 2.45) is 0 Å². The third kappa shape index (κ3) is 8.82. The van der Waals surface area contributed by atoms with Crippen molar-refractivity contribution in [3.05, 3.63) is 83.3 Å². The molecule has 226 valence electrons. The molecule has 0 bridgehead atoms. The van der Waals surface area contributed by atoms with Crippen molar-refractivity contribution in [3.63, 3.8) is 0 Å². The molecule has 2 fully saturated rings. The summed E-state index contributed by atoms with van der Waals surface area (Å²) in [4.78, 5) is 51.2. The molecule has 4 heterocycles. The van der Waals surface area contributed by atoms with Crippen molar-refractivity contribution in [1.29, 1.82) is 0 Å². The van der Waals surface area contributed by atoms with Crippen LogP contribution in [0.25, 0.3) is 0 Å². The molecule has 0 aliphatic carbocycles. The molecule has 0 radical (unpaired) electrons. The molecule has 2 saturated heterocycles. The van der Waals surface area contributed by atoms with Crippen LogP contribution in [-0.4, -0.2) is 93.6 Å². The van der Waals surface area contributed by atoms with Gasteiger partial charge in [0.25, 0.3) is 5.91 Å². The minimum atomic E-state index is -0.979. The zero-order valence-electron chi connectivity index (χ0n) is 24.3. The fourth-order valence-electron chi connectivity index (χ4n) is 5.34. The molecule has 5 rings (SSSR count). The topological polar surface area (TPSA) is 128 Å². The van der Waals surface area contributed by atoms with Crippen LogP contribution in [-0.2, 0) is 13.0 Å². The number of hydrogen-bond acceptors (Lipinski definition) is 8. The Bertz CT molecular complexity index is 1370. The molecule has 43 heavy (non-hydrogen) atoms. The number of nitrogens with zero attached hydrogens (tertiary/aromatic N) is 5. The van der Waals surface area contributed by atoms with E-state index in [9.17, 15) is 14.4 Å². The molecule has 0 spiro atoms. The number of carbonyl (C=O) groups excluding carboxylic acids is 2. The molecule has 2 amide bonds. The van der Waals surface area contributed by atoms with Crippen LogP contribution in [0.3, 0.4) is 0 Å². The monoisotopic (exact) mass is 586 g/mol. The highest BCUT2D eigenvalue weighted by Crippen LogP contribution is 2.17. The van der Waals surface area contributed by atoms with Gasteiger partial charge >= 0.3 is 12.1 Å². The van der Waals surface area contributed by atoms with Gasteiger partial charge in [-0.1, -0.05) is 18.6 Å². The summed E-state index contributed by atoms with van der Waals surface area (Å²) in [5, 5.41) is 11.8. The summed E-state index contributed by atoms with van der Waals surface area (Å²) in [6.07, 6.45) is 7.85. The lowest BCUT2D eigenvalue weighted by molar-refractivity contribution is 0.0696. The smallest absolute Gasteiger partial charge is 0.415 e. The summed E-state index contributed by atoms with van der Waals surface area (Å²) in [5.41, 5.74) is 2.81. The predicted molar refractivity (Wildman–Crippen MR) is 161 cm³/mol. The third-order valence-electron chi connectivity index (χ3n) is 7.86. The van der Waals surface area contributed by atoms with E-state index in [4.69, 9.17) is 9.84 Å². The van der Waals surface area contributed by atoms with Crippen molar-refractivity contribution in [2.45, 2.75) is 38.6 Å². The molecule has 2 aliphatic heterocycles. The number of nitrogens with one attached hydrogen (secondary N) is 1. The highest BCUT2D eigenvalue weighted by Gasteiger charge is 2.22. The van der Waals surface area contributed by atoms with E-state index in [0.29, 0.717) is 30.2 Å². The molecule has 0 atom stereocenters. The second-order valence-corrected chi connectivity index (χ2v) is 11.0. The molecule has 11 heteroatoms. The number of ether oxygens (including phenoxy) is 1. The number of benzene rings is 1. The minimum Gasteiger partial charge on any atom is -0.478 e. The first-order valence-corrected chi connectivity index (χ1v) is 14.9. The number of amides is 2. The highest BCUT2D eigenvalue weighted by atomic mass is 16.6. The van der Waals surface area contributed by atoms with Crippen molar-refractivity contribution in [2.75, 3.05) is 51.1 Å². The van der Waals surface area contributed by atoms with E-state index in [0.717, 1.165) is 57.8 Å². The standard InChI is InChI=1S/C32H38N6O5/c39-30(25-8-6-24(7-9-25)23-37-14-2-1-3-15-37)35-29-13-12-28(22-34-29)43-32(42)38-19-17-36(18-20-38)16-4-5-27-11-10-26(21-33-27)31(40)41/h6-13,21-22H,1-5,14-20,23H2,(H,40,41)(H,34,35,39). The quantitative estimate of drug-likeness (QED) is 0.360. The minimum absolute atomic E-state index is 0.185. The fourth-order valence-corrected chi connectivity index (χ4v) is 5.34. The average Bonchev–Trinajstić information content (AvgIpc) is 3.03. The molecular formula is C32H38N6O5. The maximum absolute atomic E-state index is 12.7. The Labute approximate surface area is 251 Å². The van der Waals surface area contributed by atoms with Gasteiger partial charge in [0.05, 0.1) is 11.8 Å². The maximum atomic E-state index is 12.7. The van der Waals surface area contributed by atoms with Crippen molar-refractivity contribution >= 4 is 23.8 Å². The number of hydrogen-bond donors (Lipinski definition) is 2. The van der Waals surface area contributed by atoms with Crippen LogP contribution in [0.5, 0.6) is 5.75 Å². The van der Waals surface area contributed by atoms with Gasteiger partial charge in [0.1, 0.15) is 5.82 Å². The summed E-state index contributed by atoms with van der Waals surface area (Å²) in [6, 6.07) is 14.2. The number of piperidine rings is 1. The van der Waals surface area contributed by atoms with Crippen LogP contribution in [0.15, 0.2) is 60.9 Å². The van der Waals surface area contributed by atoms with E-state index < -0.39 is 12.1 Å². The summed E-state index contributed by atoms with van der Waals surface area (Å²) >= 11 is 0. The maximum Gasteiger partial charge on any atom is 0.415 e. The van der Waals surface area contributed by atoms with Crippen molar-refractivity contribution in [3.8, 4) is 5.75 Å². The summed E-state index contributed by atoms with van der Waals surface area (Å²) < 4.78 is 5.51. The number of likely N-dealkylation sites (tertiary alicyclic amines) is 1. The number of pyridine rings is 2. The summed E-state index contributed by atoms with van der Waals surface area (Å²) in [6.45, 7) is 6.63. The third-order valence-corrected chi connectivity index (χ3v) is 7.86. The Morgan fingerprint density at radius 3 is 2.19 bits per heavy atom. The molecule has 11 nitrogen and oxygen atoms in total. The number of anilines is 1. The number of aromatic carboxylic acids is 1. The predicted octanol–water partition coefficient (Wildman–Crippen LogP) is 4.16. The first-order valence-electron chi connectivity index (χ1n) is 14.9. The number of aryl methyl sites for hydroxylation is 1. The Morgan fingerprint density at radius 1 is 0.791 bits per heavy atom. The van der Waals surface area contributed by atoms with Gasteiger partial charge in [-0.15, -0.1) is 0 Å². The van der Waals surface area contributed by atoms with Gasteiger partial charge in [0.15, 0.2) is 5.75 Å². The summed E-state index contributed by atoms with van der Waals surface area (Å²) in [7, 11) is 0. The van der Waals surface area contributed by atoms with E-state index in [2.05, 4.69) is 25.1 Å². The van der Waals surface area contributed by atoms with Crippen LogP contribution in [0, 0.1) is 0 Å². The zero-order chi connectivity index (χ0) is 30.0. The van der Waals surface area contributed by atoms with Crippen LogP contribution >= 0.6 is 0 Å². The Morgan fingerprint density at radius 2 is 1.53 bits per heavy atom. The van der Waals surface area contributed by atoms with Gasteiger partial charge in [-0.05, 0) is 87.3 Å². The zero-order valence-corrected chi connectivity index (χ0v) is 24.3. The first kappa shape index (κ1) is 30.1. The number of carboxylic acid groups (broad SMARTS) is 1. The Balaban J connectivity index is 1.01. The van der Waals surface area contributed by atoms with Gasteiger partial charge in [-0.2, -0.15) is 0 Å². The molecule has 2 aliphatic rings. The number of aromatic nitrogens is 2. The normalized spacial score (nSPS) is 16.0. The fraction of sp³-hybridized carbons (Fsp3) is 0.406. The second kappa shape index (κ2) is 14.7. The largest absolute Gasteiger partial charge is 0.478 e. The van der Waals surface area contributed by atoms with Crippen LogP contribution in [0.4, 0.5) is 10.6 Å². The van der Waals surface area contributed by atoms with E-state index in [1.807, 2.05) is 24.3 Å². The first-order chi connectivity index (χ1) is 20.9. The van der Waals surface area contributed by atoms with E-state index in [1.54, 1.807) is 29.2 Å². The summed E-state index contributed by atoms with van der Waals surface area (Å²) in [5.74, 6) is -0.530. The number of carboxylic acids is 1. The van der Waals surface area contributed by atoms with Crippen LogP contribution in [0.1, 0.15) is 57.7 Å². The number of piperazine rings is 1. The van der Waals surface area contributed by atoms with Crippen LogP contribution < -0.4 is 10.1 Å². The molecular weight excluding hydrogens is 548 g/mol. The lowest BCUT2D eigenvalue weighted by Gasteiger charge is -2.33.